The van der Waals surface area contributed by atoms with Crippen molar-refractivity contribution in [1.82, 2.24) is 0 Å². The smallest absolute Gasteiger partial charge is 0.266 e. The van der Waals surface area contributed by atoms with Gasteiger partial charge in [-0.2, -0.15) is 0 Å². The summed E-state index contributed by atoms with van der Waals surface area (Å²) in [7, 11) is -3.94. The molecule has 0 fully saturated rings. The number of sulfonamides is 1. The third-order valence-corrected chi connectivity index (χ3v) is 5.55. The number of hydrogen-bond acceptors (Lipinski definition) is 2. The van der Waals surface area contributed by atoms with Crippen molar-refractivity contribution in [2.24, 2.45) is 0 Å². The molecule has 0 saturated heterocycles. The van der Waals surface area contributed by atoms with Gasteiger partial charge in [-0.25, -0.2) is 12.8 Å². The number of rotatable bonds is 4. The van der Waals surface area contributed by atoms with Crippen LogP contribution in [0, 0.1) is 12.7 Å². The molecule has 0 aromatic heterocycles. The van der Waals surface area contributed by atoms with Gasteiger partial charge in [0.2, 0.25) is 0 Å². The highest BCUT2D eigenvalue weighted by molar-refractivity contribution is 9.10. The van der Waals surface area contributed by atoms with Crippen LogP contribution in [-0.4, -0.2) is 15.0 Å². The summed E-state index contributed by atoms with van der Waals surface area (Å²) in [5.41, 5.74) is 1.38. The molecule has 0 N–H and O–H groups in total. The molecule has 0 bridgehead atoms. The van der Waals surface area contributed by atoms with Gasteiger partial charge < -0.3 is 0 Å². The van der Waals surface area contributed by atoms with Crippen LogP contribution in [0.15, 0.2) is 51.8 Å². The molecule has 2 aromatic carbocycles. The predicted octanol–water partition coefficient (Wildman–Crippen LogP) is 4.11. The summed E-state index contributed by atoms with van der Waals surface area (Å²) >= 11 is 3.13. The minimum Gasteiger partial charge on any atom is -0.266 e. The fourth-order valence-electron chi connectivity index (χ4n) is 2.12. The average Bonchev–Trinajstić information content (AvgIpc) is 2.41. The highest BCUT2D eigenvalue weighted by atomic mass is 79.9. The Labute approximate surface area is 132 Å². The van der Waals surface area contributed by atoms with Crippen molar-refractivity contribution in [3.8, 4) is 0 Å². The molecule has 3 nitrogen and oxygen atoms in total. The van der Waals surface area contributed by atoms with Crippen molar-refractivity contribution in [2.45, 2.75) is 18.7 Å². The largest absolute Gasteiger partial charge is 0.267 e. The van der Waals surface area contributed by atoms with E-state index in [2.05, 4.69) is 15.9 Å². The molecular weight excluding hydrogens is 357 g/mol. The van der Waals surface area contributed by atoms with Gasteiger partial charge in [-0.15, -0.1) is 0 Å². The van der Waals surface area contributed by atoms with Crippen LogP contribution in [-0.2, 0) is 10.0 Å². The first-order valence-corrected chi connectivity index (χ1v) is 8.64. The zero-order chi connectivity index (χ0) is 15.6. The van der Waals surface area contributed by atoms with E-state index in [4.69, 9.17) is 0 Å². The lowest BCUT2D eigenvalue weighted by molar-refractivity contribution is 0.563. The van der Waals surface area contributed by atoms with E-state index in [-0.39, 0.29) is 11.4 Å². The molecule has 6 heteroatoms. The first-order valence-electron chi connectivity index (χ1n) is 6.41. The van der Waals surface area contributed by atoms with Crippen LogP contribution in [0.2, 0.25) is 0 Å². The normalized spacial score (nSPS) is 11.4. The lowest BCUT2D eigenvalue weighted by Gasteiger charge is -2.24. The van der Waals surface area contributed by atoms with Crippen molar-refractivity contribution in [2.75, 3.05) is 10.8 Å². The average molecular weight is 372 g/mol. The van der Waals surface area contributed by atoms with Gasteiger partial charge in [-0.3, -0.25) is 4.31 Å². The maximum Gasteiger partial charge on any atom is 0.267 e. The summed E-state index contributed by atoms with van der Waals surface area (Å²) < 4.78 is 41.2. The Hall–Kier alpha value is -1.40. The van der Waals surface area contributed by atoms with Crippen molar-refractivity contribution in [1.29, 1.82) is 0 Å². The van der Waals surface area contributed by atoms with E-state index in [1.165, 1.54) is 16.4 Å². The van der Waals surface area contributed by atoms with E-state index in [1.54, 1.807) is 19.1 Å². The lowest BCUT2D eigenvalue weighted by atomic mass is 10.2. The van der Waals surface area contributed by atoms with E-state index in [1.807, 2.05) is 19.1 Å². The van der Waals surface area contributed by atoms with E-state index in [9.17, 15) is 12.8 Å². The Kier molecular flexibility index (Phi) is 4.68. The van der Waals surface area contributed by atoms with Crippen molar-refractivity contribution in [3.63, 3.8) is 0 Å². The fraction of sp³-hybridized carbons (Fsp3) is 0.200. The highest BCUT2D eigenvalue weighted by Gasteiger charge is 2.27. The number of nitrogens with zero attached hydrogens (tertiary/aromatic N) is 1. The van der Waals surface area contributed by atoms with Gasteiger partial charge in [0.1, 0.15) is 10.7 Å². The summed E-state index contributed by atoms with van der Waals surface area (Å²) in [6.45, 7) is 3.77. The SMILES string of the molecule is CCN(c1ccccc1C)S(=O)(=O)c1ccc(Br)cc1F. The second-order valence-electron chi connectivity index (χ2n) is 4.53. The van der Waals surface area contributed by atoms with E-state index in [0.717, 1.165) is 11.6 Å². The fourth-order valence-corrected chi connectivity index (χ4v) is 4.04. The van der Waals surface area contributed by atoms with Crippen LogP contribution in [0.4, 0.5) is 10.1 Å². The standard InChI is InChI=1S/C15H15BrFNO2S/c1-3-18(14-7-5-4-6-11(14)2)21(19,20)15-9-8-12(16)10-13(15)17/h4-10H,3H2,1-2H3. The molecule has 0 saturated carbocycles. The van der Waals surface area contributed by atoms with Crippen molar-refractivity contribution in [3.05, 3.63) is 58.3 Å². The Morgan fingerprint density at radius 3 is 2.43 bits per heavy atom. The van der Waals surface area contributed by atoms with Gasteiger partial charge in [-0.05, 0) is 43.7 Å². The molecule has 0 aliphatic rings. The van der Waals surface area contributed by atoms with Gasteiger partial charge in [-0.1, -0.05) is 34.1 Å². The summed E-state index contributed by atoms with van der Waals surface area (Å²) in [4.78, 5) is -0.323. The van der Waals surface area contributed by atoms with Gasteiger partial charge >= 0.3 is 0 Å². The Morgan fingerprint density at radius 1 is 1.19 bits per heavy atom. The maximum absolute atomic E-state index is 14.0. The van der Waals surface area contributed by atoms with Gasteiger partial charge in [0.05, 0.1) is 5.69 Å². The van der Waals surface area contributed by atoms with Gasteiger partial charge in [0.25, 0.3) is 10.0 Å². The van der Waals surface area contributed by atoms with Crippen LogP contribution in [0.1, 0.15) is 12.5 Å². The monoisotopic (exact) mass is 371 g/mol. The summed E-state index contributed by atoms with van der Waals surface area (Å²) in [5.74, 6) is -0.767. The molecular formula is C15H15BrFNO2S. The number of halogens is 2. The molecule has 0 unspecified atom stereocenters. The number of aryl methyl sites for hydroxylation is 1. The molecule has 21 heavy (non-hydrogen) atoms. The zero-order valence-electron chi connectivity index (χ0n) is 11.7. The quantitative estimate of drug-likeness (QED) is 0.810. The Morgan fingerprint density at radius 2 is 1.86 bits per heavy atom. The third-order valence-electron chi connectivity index (χ3n) is 3.13. The molecule has 112 valence electrons. The number of anilines is 1. The summed E-state index contributed by atoms with van der Waals surface area (Å²) in [5, 5.41) is 0. The highest BCUT2D eigenvalue weighted by Crippen LogP contribution is 2.28. The molecule has 2 aromatic rings. The molecule has 0 aliphatic heterocycles. The van der Waals surface area contributed by atoms with E-state index < -0.39 is 15.8 Å². The van der Waals surface area contributed by atoms with E-state index >= 15 is 0 Å². The number of para-hydroxylation sites is 1. The number of hydrogen-bond donors (Lipinski definition) is 0. The van der Waals surface area contributed by atoms with Crippen LogP contribution in [0.5, 0.6) is 0 Å². The van der Waals surface area contributed by atoms with Crippen LogP contribution in [0.3, 0.4) is 0 Å². The first-order chi connectivity index (χ1) is 9.87. The van der Waals surface area contributed by atoms with Crippen LogP contribution >= 0.6 is 15.9 Å². The number of benzene rings is 2. The van der Waals surface area contributed by atoms with Crippen LogP contribution in [0.25, 0.3) is 0 Å². The second-order valence-corrected chi connectivity index (χ2v) is 7.28. The van der Waals surface area contributed by atoms with E-state index in [0.29, 0.717) is 10.2 Å². The molecule has 0 radical (unpaired) electrons. The summed E-state index contributed by atoms with van der Waals surface area (Å²) in [6.07, 6.45) is 0. The van der Waals surface area contributed by atoms with Crippen molar-refractivity contribution < 1.29 is 12.8 Å². The Bertz CT molecular complexity index is 762. The topological polar surface area (TPSA) is 37.4 Å². The molecule has 0 spiro atoms. The maximum atomic E-state index is 14.0. The molecule has 0 amide bonds. The molecule has 0 heterocycles. The van der Waals surface area contributed by atoms with Crippen molar-refractivity contribution >= 4 is 31.6 Å². The lowest BCUT2D eigenvalue weighted by Crippen LogP contribution is -2.32. The first kappa shape index (κ1) is 16.0. The van der Waals surface area contributed by atoms with Crippen LogP contribution < -0.4 is 4.31 Å². The predicted molar refractivity (Wildman–Crippen MR) is 85.5 cm³/mol. The molecule has 0 atom stereocenters. The Balaban J connectivity index is 2.58. The van der Waals surface area contributed by atoms with Gasteiger partial charge in [0, 0.05) is 11.0 Å². The zero-order valence-corrected chi connectivity index (χ0v) is 14.1. The molecule has 2 rings (SSSR count). The minimum atomic E-state index is -3.94. The second kappa shape index (κ2) is 6.15. The summed E-state index contributed by atoms with van der Waals surface area (Å²) in [6, 6.07) is 11.1. The molecule has 0 aliphatic carbocycles. The van der Waals surface area contributed by atoms with Gasteiger partial charge in [0.15, 0.2) is 0 Å². The third kappa shape index (κ3) is 3.11. The minimum absolute atomic E-state index is 0.225.